The Kier molecular flexibility index (Phi) is 3.69. The lowest BCUT2D eigenvalue weighted by molar-refractivity contribution is 0.340. The van der Waals surface area contributed by atoms with Crippen LogP contribution in [0.2, 0.25) is 0 Å². The van der Waals surface area contributed by atoms with E-state index in [9.17, 15) is 0 Å². The Bertz CT molecular complexity index is 576. The van der Waals surface area contributed by atoms with Crippen LogP contribution in [0.3, 0.4) is 0 Å². The molecular weight excluding hydrogens is 252 g/mol. The van der Waals surface area contributed by atoms with Gasteiger partial charge in [-0.25, -0.2) is 0 Å². The Morgan fingerprint density at radius 2 is 2.10 bits per heavy atom. The molecule has 0 radical (unpaired) electrons. The van der Waals surface area contributed by atoms with Crippen molar-refractivity contribution in [3.05, 3.63) is 30.1 Å². The van der Waals surface area contributed by atoms with Gasteiger partial charge in [0.1, 0.15) is 11.6 Å². The van der Waals surface area contributed by atoms with Crippen molar-refractivity contribution in [1.29, 1.82) is 0 Å². The van der Waals surface area contributed by atoms with Gasteiger partial charge in [-0.1, -0.05) is 0 Å². The van der Waals surface area contributed by atoms with Gasteiger partial charge in [0.15, 0.2) is 5.82 Å². The summed E-state index contributed by atoms with van der Waals surface area (Å²) in [6.07, 6.45) is 2.03. The van der Waals surface area contributed by atoms with Crippen LogP contribution in [0.25, 0.3) is 11.4 Å². The molecule has 0 fully saturated rings. The quantitative estimate of drug-likeness (QED) is 0.922. The summed E-state index contributed by atoms with van der Waals surface area (Å²) in [4.78, 5) is 0. The number of fused-ring (bicyclic) bond motifs is 1. The second-order valence-corrected chi connectivity index (χ2v) is 5.14. The van der Waals surface area contributed by atoms with Crippen molar-refractivity contribution < 1.29 is 4.74 Å². The fraction of sp³-hybridized carbons (Fsp3) is 0.467. The molecule has 0 spiro atoms. The predicted molar refractivity (Wildman–Crippen MR) is 77.5 cm³/mol. The van der Waals surface area contributed by atoms with Gasteiger partial charge in [-0.05, 0) is 50.1 Å². The molecule has 1 aromatic heterocycles. The molecule has 20 heavy (non-hydrogen) atoms. The molecule has 0 saturated carbocycles. The number of rotatable bonds is 4. The van der Waals surface area contributed by atoms with E-state index < -0.39 is 0 Å². The monoisotopic (exact) mass is 272 g/mol. The summed E-state index contributed by atoms with van der Waals surface area (Å²) in [5.41, 5.74) is 6.83. The highest BCUT2D eigenvalue weighted by Gasteiger charge is 2.22. The Balaban J connectivity index is 1.86. The normalized spacial score (nSPS) is 17.8. The number of hydrogen-bond acceptors (Lipinski definition) is 4. The van der Waals surface area contributed by atoms with Crippen LogP contribution in [0, 0.1) is 5.92 Å². The van der Waals surface area contributed by atoms with Crippen LogP contribution in [0.4, 0.5) is 0 Å². The first kappa shape index (κ1) is 13.1. The molecule has 0 saturated heterocycles. The first-order valence-electron chi connectivity index (χ1n) is 7.17. The Morgan fingerprint density at radius 1 is 1.30 bits per heavy atom. The van der Waals surface area contributed by atoms with Crippen molar-refractivity contribution in [1.82, 2.24) is 14.8 Å². The molecule has 2 aromatic rings. The largest absolute Gasteiger partial charge is 0.494 e. The maximum Gasteiger partial charge on any atom is 0.163 e. The second-order valence-electron chi connectivity index (χ2n) is 5.14. The van der Waals surface area contributed by atoms with Crippen LogP contribution in [0.5, 0.6) is 5.75 Å². The molecule has 106 valence electrons. The summed E-state index contributed by atoms with van der Waals surface area (Å²) in [7, 11) is 0. The van der Waals surface area contributed by atoms with Gasteiger partial charge in [-0.15, -0.1) is 10.2 Å². The van der Waals surface area contributed by atoms with Crippen LogP contribution in [0.15, 0.2) is 24.3 Å². The lowest BCUT2D eigenvalue weighted by Crippen LogP contribution is -2.25. The number of nitrogens with two attached hydrogens (primary N) is 1. The third-order valence-electron chi connectivity index (χ3n) is 3.82. The first-order chi connectivity index (χ1) is 9.81. The zero-order valence-corrected chi connectivity index (χ0v) is 11.7. The molecule has 0 amide bonds. The van der Waals surface area contributed by atoms with Gasteiger partial charge < -0.3 is 15.0 Å². The van der Waals surface area contributed by atoms with E-state index in [0.717, 1.165) is 48.9 Å². The minimum Gasteiger partial charge on any atom is -0.494 e. The topological polar surface area (TPSA) is 66.0 Å². The van der Waals surface area contributed by atoms with Crippen LogP contribution in [-0.2, 0) is 13.0 Å². The second kappa shape index (κ2) is 5.63. The highest BCUT2D eigenvalue weighted by atomic mass is 16.5. The molecule has 3 rings (SSSR count). The van der Waals surface area contributed by atoms with E-state index in [0.29, 0.717) is 12.5 Å². The molecular formula is C15H20N4O. The summed E-state index contributed by atoms with van der Waals surface area (Å²) in [6.45, 7) is 4.34. The highest BCUT2D eigenvalue weighted by Crippen LogP contribution is 2.26. The molecule has 2 N–H and O–H groups in total. The van der Waals surface area contributed by atoms with Crippen molar-refractivity contribution in [2.24, 2.45) is 11.7 Å². The summed E-state index contributed by atoms with van der Waals surface area (Å²) >= 11 is 0. The van der Waals surface area contributed by atoms with Crippen molar-refractivity contribution in [2.75, 3.05) is 13.2 Å². The van der Waals surface area contributed by atoms with E-state index in [1.807, 2.05) is 31.2 Å². The molecule has 0 aliphatic carbocycles. The fourth-order valence-electron chi connectivity index (χ4n) is 2.67. The Hall–Kier alpha value is -1.88. The van der Waals surface area contributed by atoms with Gasteiger partial charge in [0, 0.05) is 18.5 Å². The van der Waals surface area contributed by atoms with Crippen LogP contribution in [0.1, 0.15) is 19.2 Å². The smallest absolute Gasteiger partial charge is 0.163 e. The predicted octanol–water partition coefficient (Wildman–Crippen LogP) is 1.86. The summed E-state index contributed by atoms with van der Waals surface area (Å²) in [6, 6.07) is 8.03. The van der Waals surface area contributed by atoms with Gasteiger partial charge >= 0.3 is 0 Å². The Morgan fingerprint density at radius 3 is 2.80 bits per heavy atom. The maximum absolute atomic E-state index is 5.75. The summed E-state index contributed by atoms with van der Waals surface area (Å²) in [5.74, 6) is 3.42. The van der Waals surface area contributed by atoms with E-state index in [2.05, 4.69) is 14.8 Å². The number of hydrogen-bond donors (Lipinski definition) is 1. The van der Waals surface area contributed by atoms with Crippen molar-refractivity contribution in [2.45, 2.75) is 26.3 Å². The number of nitrogens with zero attached hydrogens (tertiary/aromatic N) is 3. The average molecular weight is 272 g/mol. The van der Waals surface area contributed by atoms with E-state index in [1.165, 1.54) is 0 Å². The van der Waals surface area contributed by atoms with Gasteiger partial charge in [0.05, 0.1) is 6.61 Å². The minimum absolute atomic E-state index is 0.542. The molecule has 1 aromatic carbocycles. The summed E-state index contributed by atoms with van der Waals surface area (Å²) in [5, 5.41) is 8.66. The molecule has 1 unspecified atom stereocenters. The maximum atomic E-state index is 5.75. The lowest BCUT2D eigenvalue weighted by atomic mass is 9.98. The van der Waals surface area contributed by atoms with Crippen molar-refractivity contribution >= 4 is 0 Å². The van der Waals surface area contributed by atoms with Crippen molar-refractivity contribution in [3.8, 4) is 17.1 Å². The minimum atomic E-state index is 0.542. The lowest BCUT2D eigenvalue weighted by Gasteiger charge is -2.22. The number of aromatic nitrogens is 3. The van der Waals surface area contributed by atoms with E-state index >= 15 is 0 Å². The van der Waals surface area contributed by atoms with Crippen LogP contribution in [-0.4, -0.2) is 27.9 Å². The van der Waals surface area contributed by atoms with Crippen LogP contribution < -0.4 is 10.5 Å². The molecule has 2 heterocycles. The van der Waals surface area contributed by atoms with E-state index in [1.54, 1.807) is 0 Å². The van der Waals surface area contributed by atoms with Gasteiger partial charge in [0.2, 0.25) is 0 Å². The standard InChI is InChI=1S/C15H20N4O/c1-2-20-13-5-3-12(4-6-13)15-18-17-14-9-11(10-16)7-8-19(14)15/h3-6,11H,2,7-10,16H2,1H3. The summed E-state index contributed by atoms with van der Waals surface area (Å²) < 4.78 is 7.67. The van der Waals surface area contributed by atoms with Crippen molar-refractivity contribution in [3.63, 3.8) is 0 Å². The zero-order chi connectivity index (χ0) is 13.9. The highest BCUT2D eigenvalue weighted by molar-refractivity contribution is 5.56. The third kappa shape index (κ3) is 2.41. The molecule has 5 nitrogen and oxygen atoms in total. The molecule has 1 aliphatic heterocycles. The number of benzene rings is 1. The molecule has 1 atom stereocenters. The van der Waals surface area contributed by atoms with Gasteiger partial charge in [-0.3, -0.25) is 0 Å². The third-order valence-corrected chi connectivity index (χ3v) is 3.82. The van der Waals surface area contributed by atoms with Gasteiger partial charge in [0.25, 0.3) is 0 Å². The zero-order valence-electron chi connectivity index (χ0n) is 11.7. The molecule has 0 bridgehead atoms. The fourth-order valence-corrected chi connectivity index (χ4v) is 2.67. The first-order valence-corrected chi connectivity index (χ1v) is 7.17. The number of ether oxygens (including phenoxy) is 1. The van der Waals surface area contributed by atoms with E-state index in [4.69, 9.17) is 10.5 Å². The molecule has 5 heteroatoms. The Labute approximate surface area is 118 Å². The SMILES string of the molecule is CCOc1ccc(-c2nnc3n2CCC(CN)C3)cc1. The average Bonchev–Trinajstić information content (AvgIpc) is 2.91. The van der Waals surface area contributed by atoms with Crippen LogP contribution >= 0.6 is 0 Å². The molecule has 1 aliphatic rings. The van der Waals surface area contributed by atoms with Gasteiger partial charge in [-0.2, -0.15) is 0 Å². The van der Waals surface area contributed by atoms with E-state index in [-0.39, 0.29) is 0 Å².